The molecule has 2 aromatic rings. The van der Waals surface area contributed by atoms with Gasteiger partial charge in [-0.3, -0.25) is 4.79 Å². The van der Waals surface area contributed by atoms with Gasteiger partial charge in [0.1, 0.15) is 5.69 Å². The lowest BCUT2D eigenvalue weighted by molar-refractivity contribution is 0.0519. The van der Waals surface area contributed by atoms with Gasteiger partial charge in [-0.1, -0.05) is 0 Å². The maximum Gasteiger partial charge on any atom is 0.355 e. The molecule has 0 fully saturated rings. The highest BCUT2D eigenvalue weighted by Gasteiger charge is 2.23. The molecule has 118 valence electrons. The zero-order valence-corrected chi connectivity index (χ0v) is 13.9. The van der Waals surface area contributed by atoms with Crippen molar-refractivity contribution in [2.75, 3.05) is 13.7 Å². The standard InChI is InChI=1S/C16H19NO4S/c1-5-21-16(19)15-9(2)14(10(3)18)12(17-15)8-11-6-7-13(20-4)22-11/h6-7,17H,5,8H2,1-4H3. The fourth-order valence-electron chi connectivity index (χ4n) is 2.41. The monoisotopic (exact) mass is 321 g/mol. The number of rotatable bonds is 6. The van der Waals surface area contributed by atoms with E-state index in [1.165, 1.54) is 18.3 Å². The minimum atomic E-state index is -0.433. The van der Waals surface area contributed by atoms with Crippen molar-refractivity contribution in [3.8, 4) is 5.06 Å². The number of hydrogen-bond donors (Lipinski definition) is 1. The van der Waals surface area contributed by atoms with Gasteiger partial charge in [0.05, 0.1) is 13.7 Å². The van der Waals surface area contributed by atoms with Crippen LogP contribution < -0.4 is 4.74 Å². The number of ketones is 1. The molecule has 1 N–H and O–H groups in total. The molecule has 0 radical (unpaired) electrons. The number of esters is 1. The summed E-state index contributed by atoms with van der Waals surface area (Å²) in [5.74, 6) is -0.500. The van der Waals surface area contributed by atoms with E-state index in [0.29, 0.717) is 29.8 Å². The van der Waals surface area contributed by atoms with E-state index in [4.69, 9.17) is 9.47 Å². The van der Waals surface area contributed by atoms with Crippen LogP contribution in [0.25, 0.3) is 0 Å². The van der Waals surface area contributed by atoms with Gasteiger partial charge in [0, 0.05) is 22.6 Å². The molecule has 22 heavy (non-hydrogen) atoms. The smallest absolute Gasteiger partial charge is 0.355 e. The summed E-state index contributed by atoms with van der Waals surface area (Å²) in [5.41, 5.74) is 2.29. The maximum absolute atomic E-state index is 12.0. The van der Waals surface area contributed by atoms with Crippen molar-refractivity contribution in [3.63, 3.8) is 0 Å². The Labute approximate surface area is 133 Å². The van der Waals surface area contributed by atoms with Crippen LogP contribution in [0.5, 0.6) is 5.06 Å². The Hall–Kier alpha value is -2.08. The Kier molecular flexibility index (Phi) is 5.03. The van der Waals surface area contributed by atoms with Gasteiger partial charge in [0.15, 0.2) is 10.8 Å². The van der Waals surface area contributed by atoms with Gasteiger partial charge >= 0.3 is 5.97 Å². The maximum atomic E-state index is 12.0. The summed E-state index contributed by atoms with van der Waals surface area (Å²) in [6.45, 7) is 5.31. The van der Waals surface area contributed by atoms with E-state index in [2.05, 4.69) is 4.98 Å². The molecule has 5 nitrogen and oxygen atoms in total. The van der Waals surface area contributed by atoms with E-state index in [9.17, 15) is 9.59 Å². The van der Waals surface area contributed by atoms with Crippen molar-refractivity contribution >= 4 is 23.1 Å². The van der Waals surface area contributed by atoms with Gasteiger partial charge in [-0.05, 0) is 38.5 Å². The largest absolute Gasteiger partial charge is 0.487 e. The molecular formula is C16H19NO4S. The van der Waals surface area contributed by atoms with Crippen LogP contribution in [0.1, 0.15) is 50.8 Å². The molecule has 2 rings (SSSR count). The normalized spacial score (nSPS) is 10.5. The number of aromatic nitrogens is 1. The lowest BCUT2D eigenvalue weighted by Gasteiger charge is -2.00. The lowest BCUT2D eigenvalue weighted by atomic mass is 10.0. The molecule has 0 aromatic carbocycles. The van der Waals surface area contributed by atoms with Crippen LogP contribution in [0.15, 0.2) is 12.1 Å². The summed E-state index contributed by atoms with van der Waals surface area (Å²) >= 11 is 1.51. The first-order valence-electron chi connectivity index (χ1n) is 7.00. The molecule has 0 atom stereocenters. The molecule has 0 saturated carbocycles. The second-order valence-electron chi connectivity index (χ2n) is 4.86. The predicted molar refractivity (Wildman–Crippen MR) is 85.2 cm³/mol. The summed E-state index contributed by atoms with van der Waals surface area (Å²) in [6.07, 6.45) is 0.545. The lowest BCUT2D eigenvalue weighted by Crippen LogP contribution is -2.07. The van der Waals surface area contributed by atoms with Crippen LogP contribution in [-0.4, -0.2) is 30.5 Å². The molecule has 0 saturated heterocycles. The van der Waals surface area contributed by atoms with Crippen LogP contribution in [0, 0.1) is 6.92 Å². The number of ether oxygens (including phenoxy) is 2. The Morgan fingerprint density at radius 3 is 2.59 bits per heavy atom. The first kappa shape index (κ1) is 16.3. The third kappa shape index (κ3) is 3.22. The van der Waals surface area contributed by atoms with E-state index in [-0.39, 0.29) is 5.78 Å². The van der Waals surface area contributed by atoms with Crippen molar-refractivity contribution in [2.24, 2.45) is 0 Å². The summed E-state index contributed by atoms with van der Waals surface area (Å²) < 4.78 is 10.2. The van der Waals surface area contributed by atoms with Gasteiger partial charge in [-0.2, -0.15) is 0 Å². The highest BCUT2D eigenvalue weighted by atomic mass is 32.1. The SMILES string of the molecule is CCOC(=O)c1[nH]c(Cc2ccc(OC)s2)c(C(C)=O)c1C. The van der Waals surface area contributed by atoms with Gasteiger partial charge < -0.3 is 14.5 Å². The third-order valence-electron chi connectivity index (χ3n) is 3.35. The highest BCUT2D eigenvalue weighted by molar-refractivity contribution is 7.13. The minimum Gasteiger partial charge on any atom is -0.487 e. The van der Waals surface area contributed by atoms with E-state index in [1.807, 2.05) is 12.1 Å². The van der Waals surface area contributed by atoms with Crippen LogP contribution in [0.3, 0.4) is 0 Å². The summed E-state index contributed by atoms with van der Waals surface area (Å²) in [4.78, 5) is 28.0. The number of carbonyl (C=O) groups is 2. The quantitative estimate of drug-likeness (QED) is 0.654. The fraction of sp³-hybridized carbons (Fsp3) is 0.375. The highest BCUT2D eigenvalue weighted by Crippen LogP contribution is 2.28. The molecule has 0 amide bonds. The van der Waals surface area contributed by atoms with E-state index in [1.54, 1.807) is 21.0 Å². The molecule has 0 unspecified atom stereocenters. The molecule has 2 heterocycles. The van der Waals surface area contributed by atoms with Crippen molar-refractivity contribution in [1.82, 2.24) is 4.98 Å². The van der Waals surface area contributed by atoms with Crippen molar-refractivity contribution < 1.29 is 19.1 Å². The summed E-state index contributed by atoms with van der Waals surface area (Å²) in [6, 6.07) is 3.84. The molecule has 0 bridgehead atoms. The molecule has 0 spiro atoms. The molecule has 0 aliphatic rings. The van der Waals surface area contributed by atoms with E-state index >= 15 is 0 Å². The van der Waals surface area contributed by atoms with Crippen LogP contribution in [0.4, 0.5) is 0 Å². The predicted octanol–water partition coefficient (Wildman–Crippen LogP) is 3.36. The number of Topliss-reactive ketones (excluding diaryl/α,β-unsaturated/α-hetero) is 1. The Morgan fingerprint density at radius 2 is 2.05 bits per heavy atom. The van der Waals surface area contributed by atoms with Gasteiger partial charge in [-0.15, -0.1) is 11.3 Å². The average molecular weight is 321 g/mol. The number of nitrogens with one attached hydrogen (secondary N) is 1. The van der Waals surface area contributed by atoms with E-state index < -0.39 is 5.97 Å². The number of methoxy groups -OCH3 is 1. The van der Waals surface area contributed by atoms with Crippen molar-refractivity contribution in [1.29, 1.82) is 0 Å². The van der Waals surface area contributed by atoms with Gasteiger partial charge in [0.25, 0.3) is 0 Å². The number of H-pyrrole nitrogens is 1. The number of thiophene rings is 1. The van der Waals surface area contributed by atoms with Crippen LogP contribution in [-0.2, 0) is 11.2 Å². The Morgan fingerprint density at radius 1 is 1.32 bits per heavy atom. The van der Waals surface area contributed by atoms with Gasteiger partial charge in [-0.25, -0.2) is 4.79 Å². The van der Waals surface area contributed by atoms with Crippen LogP contribution >= 0.6 is 11.3 Å². The zero-order chi connectivity index (χ0) is 16.3. The molecule has 6 heteroatoms. The second-order valence-corrected chi connectivity index (χ2v) is 5.99. The van der Waals surface area contributed by atoms with Crippen LogP contribution in [0.2, 0.25) is 0 Å². The Balaban J connectivity index is 2.39. The molecule has 0 aliphatic carbocycles. The number of carbonyl (C=O) groups excluding carboxylic acids is 2. The molecule has 2 aromatic heterocycles. The summed E-state index contributed by atoms with van der Waals surface area (Å²) in [5, 5.41) is 0.813. The average Bonchev–Trinajstić information content (AvgIpc) is 3.04. The zero-order valence-electron chi connectivity index (χ0n) is 13.1. The second kappa shape index (κ2) is 6.79. The van der Waals surface area contributed by atoms with Crippen molar-refractivity contribution in [3.05, 3.63) is 39.5 Å². The molecular weight excluding hydrogens is 302 g/mol. The minimum absolute atomic E-state index is 0.0668. The van der Waals surface area contributed by atoms with Gasteiger partial charge in [0.2, 0.25) is 0 Å². The third-order valence-corrected chi connectivity index (χ3v) is 4.40. The van der Waals surface area contributed by atoms with Crippen molar-refractivity contribution in [2.45, 2.75) is 27.2 Å². The molecule has 0 aliphatic heterocycles. The number of hydrogen-bond acceptors (Lipinski definition) is 5. The first-order valence-corrected chi connectivity index (χ1v) is 7.81. The fourth-order valence-corrected chi connectivity index (χ4v) is 3.24. The topological polar surface area (TPSA) is 68.4 Å². The Bertz CT molecular complexity index is 699. The van der Waals surface area contributed by atoms with E-state index in [0.717, 1.165) is 15.6 Å². The summed E-state index contributed by atoms with van der Waals surface area (Å²) in [7, 11) is 1.62. The first-order chi connectivity index (χ1) is 10.5. The number of aromatic amines is 1.